The zero-order valence-corrected chi connectivity index (χ0v) is 34.7. The van der Waals surface area contributed by atoms with E-state index in [9.17, 15) is 24.3 Å². The number of benzene rings is 2. The largest absolute Gasteiger partial charge is 0.480 e. The maximum Gasteiger partial charge on any atom is 0.331 e. The van der Waals surface area contributed by atoms with E-state index in [0.717, 1.165) is 115 Å². The Bertz CT molecular complexity index is 1550. The summed E-state index contributed by atoms with van der Waals surface area (Å²) in [7, 11) is 1.39. The number of amides is 2. The third-order valence-electron chi connectivity index (χ3n) is 11.9. The molecular formula is C43H65ClN6O6. The van der Waals surface area contributed by atoms with Crippen LogP contribution in [0.1, 0.15) is 112 Å². The number of carboxylic acid groups (broad SMARTS) is 1. The number of ether oxygens (including phenoxy) is 1. The summed E-state index contributed by atoms with van der Waals surface area (Å²) in [6.45, 7) is 15.0. The van der Waals surface area contributed by atoms with Crippen molar-refractivity contribution in [2.45, 2.75) is 102 Å². The average Bonchev–Trinajstić information content (AvgIpc) is 3.22. The molecule has 3 N–H and O–H groups in total. The van der Waals surface area contributed by atoms with Crippen LogP contribution in [-0.4, -0.2) is 122 Å². The van der Waals surface area contributed by atoms with Crippen molar-refractivity contribution < 1.29 is 29.0 Å². The zero-order chi connectivity index (χ0) is 39.3. The van der Waals surface area contributed by atoms with Crippen LogP contribution in [0, 0.1) is 0 Å². The van der Waals surface area contributed by atoms with Crippen molar-refractivity contribution in [3.8, 4) is 0 Å². The Morgan fingerprint density at radius 1 is 0.589 bits per heavy atom. The van der Waals surface area contributed by atoms with Gasteiger partial charge in [-0.2, -0.15) is 0 Å². The normalized spacial score (nSPS) is 19.7. The van der Waals surface area contributed by atoms with Gasteiger partial charge in [0, 0.05) is 74.9 Å². The molecular weight excluding hydrogens is 732 g/mol. The van der Waals surface area contributed by atoms with Crippen LogP contribution in [0.5, 0.6) is 0 Å². The van der Waals surface area contributed by atoms with Crippen LogP contribution >= 0.6 is 12.4 Å². The van der Waals surface area contributed by atoms with Crippen LogP contribution in [0.25, 0.3) is 0 Å². The van der Waals surface area contributed by atoms with Crippen molar-refractivity contribution >= 4 is 47.5 Å². The number of carbonyl (C=O) groups is 4. The van der Waals surface area contributed by atoms with E-state index in [0.29, 0.717) is 36.8 Å². The van der Waals surface area contributed by atoms with Crippen molar-refractivity contribution in [1.29, 1.82) is 0 Å². The number of aliphatic carboxylic acids is 1. The van der Waals surface area contributed by atoms with Gasteiger partial charge in [0.1, 0.15) is 11.1 Å². The van der Waals surface area contributed by atoms with E-state index in [1.165, 1.54) is 20.0 Å². The fourth-order valence-corrected chi connectivity index (χ4v) is 8.60. The van der Waals surface area contributed by atoms with E-state index in [4.69, 9.17) is 4.74 Å². The summed E-state index contributed by atoms with van der Waals surface area (Å²) in [5.41, 5.74) is 1.39. The van der Waals surface area contributed by atoms with Gasteiger partial charge in [-0.25, -0.2) is 9.59 Å². The first-order valence-electron chi connectivity index (χ1n) is 20.7. The molecule has 0 aromatic heterocycles. The molecule has 12 nitrogen and oxygen atoms in total. The van der Waals surface area contributed by atoms with E-state index in [-0.39, 0.29) is 30.2 Å². The second-order valence-electron chi connectivity index (χ2n) is 15.7. The second-order valence-corrected chi connectivity index (χ2v) is 15.7. The van der Waals surface area contributed by atoms with Gasteiger partial charge in [-0.3, -0.25) is 19.4 Å². The molecule has 6 rings (SSSR count). The molecule has 2 aromatic rings. The van der Waals surface area contributed by atoms with Gasteiger partial charge in [0.15, 0.2) is 0 Å². The smallest absolute Gasteiger partial charge is 0.331 e. The van der Waals surface area contributed by atoms with Crippen LogP contribution in [0.4, 0.5) is 11.4 Å². The number of nitrogens with one attached hydrogen (secondary N) is 2. The highest BCUT2D eigenvalue weighted by atomic mass is 35.5. The maximum absolute atomic E-state index is 12.8. The van der Waals surface area contributed by atoms with E-state index >= 15 is 0 Å². The number of esters is 1. The minimum absolute atomic E-state index is 0. The predicted molar refractivity (Wildman–Crippen MR) is 224 cm³/mol. The first-order chi connectivity index (χ1) is 26.6. The number of methoxy groups -OCH3 is 1. The van der Waals surface area contributed by atoms with Crippen molar-refractivity contribution in [3.63, 3.8) is 0 Å². The summed E-state index contributed by atoms with van der Waals surface area (Å²) >= 11 is 0. The third kappa shape index (κ3) is 11.6. The average molecular weight is 797 g/mol. The fraction of sp³-hybridized carbons (Fsp3) is 0.628. The Morgan fingerprint density at radius 3 is 1.29 bits per heavy atom. The van der Waals surface area contributed by atoms with Gasteiger partial charge < -0.3 is 30.3 Å². The van der Waals surface area contributed by atoms with E-state index in [1.807, 2.05) is 48.5 Å². The summed E-state index contributed by atoms with van der Waals surface area (Å²) in [5.74, 6) is -1.75. The molecule has 0 atom stereocenters. The third-order valence-corrected chi connectivity index (χ3v) is 11.9. The number of piperazine rings is 2. The number of hydrogen-bond acceptors (Lipinski definition) is 9. The van der Waals surface area contributed by atoms with Crippen LogP contribution in [0.15, 0.2) is 48.5 Å². The Kier molecular flexibility index (Phi) is 17.3. The van der Waals surface area contributed by atoms with Crippen molar-refractivity contribution in [3.05, 3.63) is 59.7 Å². The van der Waals surface area contributed by atoms with Gasteiger partial charge in [0.2, 0.25) is 0 Å². The molecule has 4 aliphatic rings. The van der Waals surface area contributed by atoms with Gasteiger partial charge in [-0.15, -0.1) is 12.4 Å². The van der Waals surface area contributed by atoms with Crippen molar-refractivity contribution in [2.24, 2.45) is 0 Å². The molecule has 0 spiro atoms. The topological polar surface area (TPSA) is 135 Å². The van der Waals surface area contributed by atoms with Crippen LogP contribution < -0.4 is 20.4 Å². The number of carboxylic acids is 1. The summed E-state index contributed by atoms with van der Waals surface area (Å²) in [6, 6.07) is 15.3. The van der Waals surface area contributed by atoms with Gasteiger partial charge >= 0.3 is 11.9 Å². The molecule has 2 aromatic carbocycles. The van der Waals surface area contributed by atoms with E-state index < -0.39 is 17.0 Å². The molecule has 310 valence electrons. The number of carbonyl (C=O) groups excluding carboxylic acids is 3. The lowest BCUT2D eigenvalue weighted by molar-refractivity contribution is -0.149. The molecule has 2 aliphatic heterocycles. The first kappa shape index (κ1) is 44.8. The Balaban J connectivity index is 0.000000244. The Morgan fingerprint density at radius 2 is 0.946 bits per heavy atom. The van der Waals surface area contributed by atoms with Gasteiger partial charge in [-0.05, 0) is 100 Å². The molecule has 0 unspecified atom stereocenters. The van der Waals surface area contributed by atoms with Gasteiger partial charge in [0.25, 0.3) is 11.8 Å². The molecule has 2 saturated carbocycles. The molecule has 2 amide bonds. The van der Waals surface area contributed by atoms with Crippen molar-refractivity contribution in [2.75, 3.05) is 82.4 Å². The Labute approximate surface area is 340 Å². The summed E-state index contributed by atoms with van der Waals surface area (Å²) in [4.78, 5) is 59.2. The number of rotatable bonds is 12. The Hall–Kier alpha value is -3.87. The quantitative estimate of drug-likeness (QED) is 0.220. The van der Waals surface area contributed by atoms with Crippen LogP contribution in [-0.2, 0) is 14.3 Å². The lowest BCUT2D eigenvalue weighted by atomic mass is 9.81. The van der Waals surface area contributed by atoms with Crippen LogP contribution in [0.2, 0.25) is 0 Å². The lowest BCUT2D eigenvalue weighted by Gasteiger charge is -2.36. The summed E-state index contributed by atoms with van der Waals surface area (Å²) < 4.78 is 4.99. The van der Waals surface area contributed by atoms with Gasteiger partial charge in [0.05, 0.1) is 7.11 Å². The van der Waals surface area contributed by atoms with E-state index in [2.05, 4.69) is 44.1 Å². The zero-order valence-electron chi connectivity index (χ0n) is 33.9. The number of halogens is 1. The first-order valence-corrected chi connectivity index (χ1v) is 20.7. The van der Waals surface area contributed by atoms with Crippen LogP contribution in [0.3, 0.4) is 0 Å². The minimum atomic E-state index is -1.11. The fourth-order valence-electron chi connectivity index (χ4n) is 8.60. The monoisotopic (exact) mass is 796 g/mol. The molecule has 4 fully saturated rings. The highest BCUT2D eigenvalue weighted by Crippen LogP contribution is 2.31. The number of nitrogens with zero attached hydrogens (tertiary/aromatic N) is 4. The lowest BCUT2D eigenvalue weighted by Crippen LogP contribution is -2.56. The molecule has 0 bridgehead atoms. The predicted octanol–water partition coefficient (Wildman–Crippen LogP) is 5.98. The molecule has 2 saturated heterocycles. The SMILES string of the molecule is CCCN1CCN(c2ccc(C(=O)NC3(C(=O)O)CCCCC3)cc2)CC1.CCCN1CCN(c2ccc(C(=O)NC3(C(=O)OC)CCCCC3)cc2)CC1.Cl. The molecule has 13 heteroatoms. The second kappa shape index (κ2) is 21.6. The highest BCUT2D eigenvalue weighted by Gasteiger charge is 2.43. The van der Waals surface area contributed by atoms with Crippen molar-refractivity contribution in [1.82, 2.24) is 20.4 Å². The minimum Gasteiger partial charge on any atom is -0.480 e. The maximum atomic E-state index is 12.8. The molecule has 2 aliphatic carbocycles. The summed E-state index contributed by atoms with van der Waals surface area (Å²) in [5, 5.41) is 15.4. The summed E-state index contributed by atoms with van der Waals surface area (Å²) in [6.07, 6.45) is 10.3. The molecule has 56 heavy (non-hydrogen) atoms. The molecule has 0 radical (unpaired) electrons. The number of hydrogen-bond donors (Lipinski definition) is 3. The van der Waals surface area contributed by atoms with Gasteiger partial charge in [-0.1, -0.05) is 52.4 Å². The highest BCUT2D eigenvalue weighted by molar-refractivity contribution is 5.99. The standard InChI is InChI=1S/C22H33N3O3.C21H31N3O3.ClH/c1-3-13-24-14-16-25(17-15-24)19-9-7-18(8-10-19)20(26)23-22(21(27)28-2)11-5-4-6-12-22;1-2-12-23-13-15-24(16-14-23)18-8-6-17(7-9-18)19(25)22-21(20(26)27)10-4-3-5-11-21;/h7-10H,3-6,11-17H2,1-2H3,(H,23,26);6-9H,2-5,10-16H2,1H3,(H,22,25)(H,26,27);1H. The number of anilines is 2. The van der Waals surface area contributed by atoms with E-state index in [1.54, 1.807) is 0 Å². The molecule has 2 heterocycles.